The molecule has 1 aliphatic heterocycles. The zero-order chi connectivity index (χ0) is 14.2. The largest absolute Gasteiger partial charge is 0.458 e. The van der Waals surface area contributed by atoms with E-state index in [1.807, 2.05) is 6.92 Å². The summed E-state index contributed by atoms with van der Waals surface area (Å²) in [5, 5.41) is 9.97. The number of ketones is 1. The van der Waals surface area contributed by atoms with Gasteiger partial charge in [-0.1, -0.05) is 13.5 Å². The van der Waals surface area contributed by atoms with Crippen LogP contribution in [0.25, 0.3) is 0 Å². The maximum atomic E-state index is 11.8. The lowest BCUT2D eigenvalue weighted by Crippen LogP contribution is -2.24. The van der Waals surface area contributed by atoms with E-state index < -0.39 is 6.10 Å². The Hall–Kier alpha value is -1.42. The van der Waals surface area contributed by atoms with Gasteiger partial charge in [-0.2, -0.15) is 0 Å². The van der Waals surface area contributed by atoms with Crippen LogP contribution in [-0.2, 0) is 14.3 Å². The SMILES string of the molecule is C=C1CC[C@@H]2[C@H](C=C(C)[C@H](O)CC1=O)OC(=O)[C@H]2C. The highest BCUT2D eigenvalue weighted by atomic mass is 16.6. The van der Waals surface area contributed by atoms with E-state index in [4.69, 9.17) is 4.74 Å². The molecule has 0 spiro atoms. The number of hydrogen-bond acceptors (Lipinski definition) is 4. The average molecular weight is 264 g/mol. The third kappa shape index (κ3) is 2.78. The maximum absolute atomic E-state index is 11.8. The molecule has 0 amide bonds. The summed E-state index contributed by atoms with van der Waals surface area (Å²) in [5.41, 5.74) is 1.21. The van der Waals surface area contributed by atoms with Crippen LogP contribution in [0.2, 0.25) is 0 Å². The fourth-order valence-electron chi connectivity index (χ4n) is 2.69. The second kappa shape index (κ2) is 5.29. The summed E-state index contributed by atoms with van der Waals surface area (Å²) in [6.07, 6.45) is 2.00. The first-order valence-electron chi connectivity index (χ1n) is 6.68. The van der Waals surface area contributed by atoms with Crippen molar-refractivity contribution in [3.05, 3.63) is 23.8 Å². The van der Waals surface area contributed by atoms with Crippen molar-refractivity contribution in [2.45, 2.75) is 45.3 Å². The molecule has 0 saturated carbocycles. The highest BCUT2D eigenvalue weighted by Crippen LogP contribution is 2.35. The number of carbonyl (C=O) groups is 2. The van der Waals surface area contributed by atoms with Crippen molar-refractivity contribution in [3.8, 4) is 0 Å². The van der Waals surface area contributed by atoms with Gasteiger partial charge in [0, 0.05) is 12.3 Å². The van der Waals surface area contributed by atoms with E-state index in [0.29, 0.717) is 24.0 Å². The lowest BCUT2D eigenvalue weighted by molar-refractivity contribution is -0.142. The van der Waals surface area contributed by atoms with Crippen molar-refractivity contribution in [3.63, 3.8) is 0 Å². The van der Waals surface area contributed by atoms with Crippen LogP contribution in [0.4, 0.5) is 0 Å². The molecule has 104 valence electrons. The zero-order valence-electron chi connectivity index (χ0n) is 11.4. The van der Waals surface area contributed by atoms with Gasteiger partial charge in [0.05, 0.1) is 12.0 Å². The summed E-state index contributed by atoms with van der Waals surface area (Å²) in [4.78, 5) is 23.5. The van der Waals surface area contributed by atoms with Crippen molar-refractivity contribution in [2.75, 3.05) is 0 Å². The number of ether oxygens (including phenoxy) is 1. The molecule has 0 unspecified atom stereocenters. The van der Waals surface area contributed by atoms with Gasteiger partial charge < -0.3 is 9.84 Å². The molecule has 0 aromatic rings. The molecule has 1 aliphatic carbocycles. The third-order valence-electron chi connectivity index (χ3n) is 4.19. The van der Waals surface area contributed by atoms with Crippen LogP contribution in [-0.4, -0.2) is 29.1 Å². The number of carbonyl (C=O) groups excluding carboxylic acids is 2. The number of allylic oxidation sites excluding steroid dienone is 1. The number of hydrogen-bond donors (Lipinski definition) is 1. The van der Waals surface area contributed by atoms with Gasteiger partial charge in [0.2, 0.25) is 0 Å². The quantitative estimate of drug-likeness (QED) is 0.411. The number of Topliss-reactive ketones (excluding diaryl/α,β-unsaturated/α-hetero) is 1. The first-order valence-corrected chi connectivity index (χ1v) is 6.68. The molecule has 1 saturated heterocycles. The number of aliphatic hydroxyl groups excluding tert-OH is 1. The predicted octanol–water partition coefficient (Wildman–Crippen LogP) is 1.78. The molecule has 2 rings (SSSR count). The van der Waals surface area contributed by atoms with Gasteiger partial charge in [0.1, 0.15) is 6.10 Å². The van der Waals surface area contributed by atoms with E-state index in [0.717, 1.165) is 0 Å². The summed E-state index contributed by atoms with van der Waals surface area (Å²) in [5.74, 6) is -0.424. The first-order chi connectivity index (χ1) is 8.90. The summed E-state index contributed by atoms with van der Waals surface area (Å²) in [6, 6.07) is 0. The monoisotopic (exact) mass is 264 g/mol. The van der Waals surface area contributed by atoms with Crippen molar-refractivity contribution in [1.82, 2.24) is 0 Å². The van der Waals surface area contributed by atoms with Crippen LogP contribution in [0.3, 0.4) is 0 Å². The zero-order valence-corrected chi connectivity index (χ0v) is 11.4. The molecule has 0 radical (unpaired) electrons. The normalized spacial score (nSPS) is 36.6. The van der Waals surface area contributed by atoms with Gasteiger partial charge in [-0.3, -0.25) is 9.59 Å². The van der Waals surface area contributed by atoms with Crippen LogP contribution in [0, 0.1) is 11.8 Å². The fraction of sp³-hybridized carbons (Fsp3) is 0.600. The van der Waals surface area contributed by atoms with Gasteiger partial charge in [-0.25, -0.2) is 0 Å². The van der Waals surface area contributed by atoms with E-state index in [9.17, 15) is 14.7 Å². The van der Waals surface area contributed by atoms with E-state index >= 15 is 0 Å². The molecular formula is C15H20O4. The summed E-state index contributed by atoms with van der Waals surface area (Å²) >= 11 is 0. The van der Waals surface area contributed by atoms with Crippen molar-refractivity contribution >= 4 is 11.8 Å². The molecule has 4 nitrogen and oxygen atoms in total. The Kier molecular flexibility index (Phi) is 3.90. The molecule has 1 fully saturated rings. The standard InChI is InChI=1S/C15H20O4/c1-8-4-5-11-10(3)15(18)19-14(11)6-9(2)13(17)7-12(8)16/h6,10-11,13-14,17H,1,4-5,7H2,2-3H3/t10-,11-,13+,14-/m0/s1. The Morgan fingerprint density at radius 1 is 1.42 bits per heavy atom. The number of rotatable bonds is 0. The molecule has 0 aromatic carbocycles. The Bertz CT molecular complexity index is 449. The smallest absolute Gasteiger partial charge is 0.309 e. The van der Waals surface area contributed by atoms with Gasteiger partial charge in [-0.05, 0) is 37.0 Å². The lowest BCUT2D eigenvalue weighted by atomic mass is 9.83. The first kappa shape index (κ1) is 14.0. The van der Waals surface area contributed by atoms with Gasteiger partial charge in [0.15, 0.2) is 5.78 Å². The maximum Gasteiger partial charge on any atom is 0.309 e. The number of aliphatic hydroxyl groups is 1. The minimum absolute atomic E-state index is 0.0531. The molecule has 2 aliphatic rings. The van der Waals surface area contributed by atoms with Gasteiger partial charge >= 0.3 is 5.97 Å². The Balaban J connectivity index is 2.30. The van der Waals surface area contributed by atoms with E-state index in [2.05, 4.69) is 6.58 Å². The molecule has 1 N–H and O–H groups in total. The Labute approximate surface area is 113 Å². The molecule has 4 heteroatoms. The van der Waals surface area contributed by atoms with Crippen LogP contribution in [0.5, 0.6) is 0 Å². The second-order valence-corrected chi connectivity index (χ2v) is 5.55. The second-order valence-electron chi connectivity index (χ2n) is 5.55. The van der Waals surface area contributed by atoms with Crippen molar-refractivity contribution < 1.29 is 19.4 Å². The Morgan fingerprint density at radius 2 is 2.11 bits per heavy atom. The summed E-state index contributed by atoms with van der Waals surface area (Å²) in [6.45, 7) is 7.39. The number of fused-ring (bicyclic) bond motifs is 1. The molecule has 0 aromatic heterocycles. The van der Waals surface area contributed by atoms with Crippen LogP contribution >= 0.6 is 0 Å². The minimum atomic E-state index is -0.822. The molecule has 19 heavy (non-hydrogen) atoms. The topological polar surface area (TPSA) is 63.6 Å². The highest BCUT2D eigenvalue weighted by Gasteiger charge is 2.41. The van der Waals surface area contributed by atoms with Gasteiger partial charge in [-0.15, -0.1) is 0 Å². The van der Waals surface area contributed by atoms with Crippen molar-refractivity contribution in [2.24, 2.45) is 11.8 Å². The van der Waals surface area contributed by atoms with E-state index in [-0.39, 0.29) is 36.1 Å². The van der Waals surface area contributed by atoms with Crippen LogP contribution in [0.1, 0.15) is 33.1 Å². The van der Waals surface area contributed by atoms with E-state index in [1.54, 1.807) is 13.0 Å². The highest BCUT2D eigenvalue weighted by molar-refractivity contribution is 5.95. The predicted molar refractivity (Wildman–Crippen MR) is 70.3 cm³/mol. The molecule has 4 atom stereocenters. The summed E-state index contributed by atoms with van der Waals surface area (Å²) < 4.78 is 5.35. The average Bonchev–Trinajstić information content (AvgIpc) is 2.61. The van der Waals surface area contributed by atoms with Crippen LogP contribution in [0.15, 0.2) is 23.8 Å². The van der Waals surface area contributed by atoms with Crippen LogP contribution < -0.4 is 0 Å². The summed E-state index contributed by atoms with van der Waals surface area (Å²) in [7, 11) is 0. The minimum Gasteiger partial charge on any atom is -0.458 e. The molecule has 0 bridgehead atoms. The number of esters is 1. The molecule has 1 heterocycles. The molecular weight excluding hydrogens is 244 g/mol. The van der Waals surface area contributed by atoms with E-state index in [1.165, 1.54) is 0 Å². The lowest BCUT2D eigenvalue weighted by Gasteiger charge is -2.21. The van der Waals surface area contributed by atoms with Crippen molar-refractivity contribution in [1.29, 1.82) is 0 Å². The Morgan fingerprint density at radius 3 is 2.79 bits per heavy atom. The fourth-order valence-corrected chi connectivity index (χ4v) is 2.69. The third-order valence-corrected chi connectivity index (χ3v) is 4.19. The van der Waals surface area contributed by atoms with Gasteiger partial charge in [0.25, 0.3) is 0 Å².